The number of hydrogen-bond acceptors (Lipinski definition) is 3. The minimum atomic E-state index is 0.822. The van der Waals surface area contributed by atoms with E-state index in [0.29, 0.717) is 0 Å². The summed E-state index contributed by atoms with van der Waals surface area (Å²) in [7, 11) is 0. The lowest BCUT2D eigenvalue weighted by atomic mass is 10.3. The largest absolute Gasteiger partial charge is 0.262 e. The molecule has 0 aromatic carbocycles. The van der Waals surface area contributed by atoms with Crippen LogP contribution in [0.3, 0.4) is 0 Å². The third kappa shape index (κ3) is 4.35. The van der Waals surface area contributed by atoms with Gasteiger partial charge in [-0.15, -0.1) is 0 Å². The molecule has 0 aliphatic rings. The van der Waals surface area contributed by atoms with Gasteiger partial charge in [-0.2, -0.15) is 10.2 Å². The van der Waals surface area contributed by atoms with E-state index in [4.69, 9.17) is 0 Å². The van der Waals surface area contributed by atoms with Gasteiger partial charge in [-0.25, -0.2) is 0 Å². The number of aromatic nitrogens is 1. The Morgan fingerprint density at radius 1 is 1.38 bits per heavy atom. The Hall–Kier alpha value is -1.25. The monoisotopic (exact) mass is 177 g/mol. The summed E-state index contributed by atoms with van der Waals surface area (Å²) in [5.74, 6) is 0. The maximum atomic E-state index is 4.06. The lowest BCUT2D eigenvalue weighted by Crippen LogP contribution is -1.78. The van der Waals surface area contributed by atoms with Gasteiger partial charge in [-0.3, -0.25) is 4.98 Å². The van der Waals surface area contributed by atoms with E-state index in [1.54, 1.807) is 12.4 Å². The average molecular weight is 177 g/mol. The number of hydrogen-bond donors (Lipinski definition) is 0. The van der Waals surface area contributed by atoms with Crippen molar-refractivity contribution in [2.45, 2.75) is 26.2 Å². The van der Waals surface area contributed by atoms with Crippen LogP contribution >= 0.6 is 0 Å². The molecule has 0 saturated carbocycles. The summed E-state index contributed by atoms with van der Waals surface area (Å²) in [5, 5.41) is 8.10. The van der Waals surface area contributed by atoms with E-state index < -0.39 is 0 Å². The van der Waals surface area contributed by atoms with Crippen LogP contribution in [0, 0.1) is 0 Å². The molecule has 1 heterocycles. The SMILES string of the molecule is CCCCCN=Nc1cccnc1. The second-order valence-electron chi connectivity index (χ2n) is 2.88. The van der Waals surface area contributed by atoms with Crippen molar-refractivity contribution < 1.29 is 0 Å². The van der Waals surface area contributed by atoms with Gasteiger partial charge in [0.25, 0.3) is 0 Å². The van der Waals surface area contributed by atoms with Crippen molar-refractivity contribution in [3.05, 3.63) is 24.5 Å². The van der Waals surface area contributed by atoms with Crippen LogP contribution in [0.25, 0.3) is 0 Å². The fourth-order valence-electron chi connectivity index (χ4n) is 0.977. The molecule has 0 amide bonds. The molecule has 0 aliphatic heterocycles. The molecule has 0 spiro atoms. The molecular weight excluding hydrogens is 162 g/mol. The van der Waals surface area contributed by atoms with Gasteiger partial charge in [0.05, 0.1) is 12.7 Å². The number of unbranched alkanes of at least 4 members (excludes halogenated alkanes) is 2. The van der Waals surface area contributed by atoms with Crippen LogP contribution < -0.4 is 0 Å². The Balaban J connectivity index is 2.25. The van der Waals surface area contributed by atoms with Crippen molar-refractivity contribution in [3.63, 3.8) is 0 Å². The number of pyridine rings is 1. The van der Waals surface area contributed by atoms with Gasteiger partial charge < -0.3 is 0 Å². The molecule has 0 atom stereocenters. The Bertz CT molecular complexity index is 244. The van der Waals surface area contributed by atoms with Gasteiger partial charge in [-0.1, -0.05) is 19.8 Å². The van der Waals surface area contributed by atoms with Crippen LogP contribution in [0.1, 0.15) is 26.2 Å². The minimum Gasteiger partial charge on any atom is -0.262 e. The zero-order valence-electron chi connectivity index (χ0n) is 7.98. The highest BCUT2D eigenvalue weighted by atomic mass is 15.1. The molecule has 13 heavy (non-hydrogen) atoms. The van der Waals surface area contributed by atoms with Crippen molar-refractivity contribution in [3.8, 4) is 0 Å². The number of nitrogens with zero attached hydrogens (tertiary/aromatic N) is 3. The predicted molar refractivity (Wildman–Crippen MR) is 53.1 cm³/mol. The topological polar surface area (TPSA) is 37.6 Å². The zero-order chi connectivity index (χ0) is 9.36. The van der Waals surface area contributed by atoms with Crippen molar-refractivity contribution >= 4 is 5.69 Å². The lowest BCUT2D eigenvalue weighted by molar-refractivity contribution is 0.713. The van der Waals surface area contributed by atoms with E-state index in [0.717, 1.165) is 18.7 Å². The summed E-state index contributed by atoms with van der Waals surface area (Å²) in [6, 6.07) is 3.76. The lowest BCUT2D eigenvalue weighted by Gasteiger charge is -1.91. The summed E-state index contributed by atoms with van der Waals surface area (Å²) in [6.45, 7) is 3.00. The fraction of sp³-hybridized carbons (Fsp3) is 0.500. The highest BCUT2D eigenvalue weighted by Gasteiger charge is 1.86. The van der Waals surface area contributed by atoms with Gasteiger partial charge in [0.2, 0.25) is 0 Å². The van der Waals surface area contributed by atoms with E-state index in [2.05, 4.69) is 22.1 Å². The average Bonchev–Trinajstić information content (AvgIpc) is 2.19. The smallest absolute Gasteiger partial charge is 0.103 e. The third-order valence-electron chi connectivity index (χ3n) is 1.69. The first kappa shape index (κ1) is 9.84. The van der Waals surface area contributed by atoms with Crippen LogP contribution in [0.4, 0.5) is 5.69 Å². The predicted octanol–water partition coefficient (Wildman–Crippen LogP) is 3.36. The van der Waals surface area contributed by atoms with E-state index >= 15 is 0 Å². The summed E-state index contributed by atoms with van der Waals surface area (Å²) < 4.78 is 0. The maximum Gasteiger partial charge on any atom is 0.103 e. The maximum absolute atomic E-state index is 4.06. The first-order valence-electron chi connectivity index (χ1n) is 4.71. The Labute approximate surface area is 78.9 Å². The third-order valence-corrected chi connectivity index (χ3v) is 1.69. The molecule has 1 aromatic heterocycles. The molecule has 1 aromatic rings. The second kappa shape index (κ2) is 6.29. The van der Waals surface area contributed by atoms with Crippen LogP contribution in [-0.2, 0) is 0 Å². The van der Waals surface area contributed by atoms with E-state index in [1.165, 1.54) is 12.8 Å². The zero-order valence-corrected chi connectivity index (χ0v) is 7.98. The Kier molecular flexibility index (Phi) is 4.76. The molecule has 0 unspecified atom stereocenters. The first-order valence-corrected chi connectivity index (χ1v) is 4.71. The molecule has 0 aliphatic carbocycles. The second-order valence-corrected chi connectivity index (χ2v) is 2.88. The summed E-state index contributed by atoms with van der Waals surface area (Å²) >= 11 is 0. The molecule has 70 valence electrons. The van der Waals surface area contributed by atoms with Crippen LogP contribution in [0.5, 0.6) is 0 Å². The van der Waals surface area contributed by atoms with Crippen molar-refractivity contribution in [1.82, 2.24) is 4.98 Å². The van der Waals surface area contributed by atoms with E-state index in [-0.39, 0.29) is 0 Å². The van der Waals surface area contributed by atoms with Gasteiger partial charge in [0.15, 0.2) is 0 Å². The first-order chi connectivity index (χ1) is 6.43. The molecule has 3 nitrogen and oxygen atoms in total. The Morgan fingerprint density at radius 2 is 2.31 bits per heavy atom. The van der Waals surface area contributed by atoms with Gasteiger partial charge in [0, 0.05) is 6.20 Å². The molecule has 0 N–H and O–H groups in total. The van der Waals surface area contributed by atoms with Gasteiger partial charge in [0.1, 0.15) is 5.69 Å². The quantitative estimate of drug-likeness (QED) is 0.502. The van der Waals surface area contributed by atoms with Crippen LogP contribution in [0.15, 0.2) is 34.8 Å². The number of rotatable bonds is 5. The van der Waals surface area contributed by atoms with Crippen molar-refractivity contribution in [2.75, 3.05) is 6.54 Å². The van der Waals surface area contributed by atoms with Crippen LogP contribution in [0.2, 0.25) is 0 Å². The minimum absolute atomic E-state index is 0.822. The van der Waals surface area contributed by atoms with E-state index in [9.17, 15) is 0 Å². The summed E-state index contributed by atoms with van der Waals surface area (Å²) in [6.07, 6.45) is 7.02. The fourth-order valence-corrected chi connectivity index (χ4v) is 0.977. The normalized spacial score (nSPS) is 10.8. The summed E-state index contributed by atoms with van der Waals surface area (Å²) in [4.78, 5) is 3.95. The molecule has 0 saturated heterocycles. The molecule has 3 heteroatoms. The Morgan fingerprint density at radius 3 is 3.00 bits per heavy atom. The molecule has 1 rings (SSSR count). The highest BCUT2D eigenvalue weighted by Crippen LogP contribution is 2.08. The van der Waals surface area contributed by atoms with Gasteiger partial charge in [-0.05, 0) is 18.6 Å². The van der Waals surface area contributed by atoms with Crippen LogP contribution in [-0.4, -0.2) is 11.5 Å². The highest BCUT2D eigenvalue weighted by molar-refractivity contribution is 5.30. The molecule has 0 bridgehead atoms. The van der Waals surface area contributed by atoms with E-state index in [1.807, 2.05) is 12.1 Å². The molecular formula is C10H15N3. The standard InChI is InChI=1S/C10H15N3/c1-2-3-4-8-12-13-10-6-5-7-11-9-10/h5-7,9H,2-4,8H2,1H3. The molecule has 0 radical (unpaired) electrons. The van der Waals surface area contributed by atoms with Gasteiger partial charge >= 0.3 is 0 Å². The molecule has 0 fully saturated rings. The summed E-state index contributed by atoms with van der Waals surface area (Å²) in [5.41, 5.74) is 0.832. The van der Waals surface area contributed by atoms with Crippen molar-refractivity contribution in [1.29, 1.82) is 0 Å². The number of azo groups is 1. The van der Waals surface area contributed by atoms with Crippen molar-refractivity contribution in [2.24, 2.45) is 10.2 Å².